The van der Waals surface area contributed by atoms with E-state index in [1.165, 1.54) is 7.11 Å². The van der Waals surface area contributed by atoms with E-state index in [1.54, 1.807) is 30.3 Å². The van der Waals surface area contributed by atoms with Crippen molar-refractivity contribution in [3.63, 3.8) is 0 Å². The number of benzene rings is 1. The molecular weight excluding hydrogens is 246 g/mol. The van der Waals surface area contributed by atoms with Gasteiger partial charge in [-0.05, 0) is 18.2 Å². The van der Waals surface area contributed by atoms with E-state index in [-0.39, 0.29) is 31.3 Å². The van der Waals surface area contributed by atoms with Crippen molar-refractivity contribution in [3.8, 4) is 11.8 Å². The molecule has 0 saturated carbocycles. The number of carbonyl (C=O) groups excluding carboxylic acids is 2. The fourth-order valence-electron chi connectivity index (χ4n) is 1.38. The average Bonchev–Trinajstić information content (AvgIpc) is 2.45. The van der Waals surface area contributed by atoms with Crippen molar-refractivity contribution >= 4 is 11.8 Å². The van der Waals surface area contributed by atoms with Gasteiger partial charge in [0.2, 0.25) is 5.91 Å². The third-order valence-electron chi connectivity index (χ3n) is 2.33. The lowest BCUT2D eigenvalue weighted by Gasteiger charge is -2.06. The van der Waals surface area contributed by atoms with E-state index >= 15 is 0 Å². The number of rotatable bonds is 6. The Morgan fingerprint density at radius 1 is 1.37 bits per heavy atom. The van der Waals surface area contributed by atoms with Crippen LogP contribution in [0.1, 0.15) is 16.8 Å². The first kappa shape index (κ1) is 14.5. The number of hydrogen-bond donors (Lipinski definition) is 2. The summed E-state index contributed by atoms with van der Waals surface area (Å²) in [6, 6.07) is 8.54. The highest BCUT2D eigenvalue weighted by Gasteiger charge is 2.07. The number of nitriles is 1. The van der Waals surface area contributed by atoms with Crippen LogP contribution < -0.4 is 15.4 Å². The molecule has 0 radical (unpaired) electrons. The smallest absolute Gasteiger partial charge is 0.251 e. The molecule has 1 rings (SSSR count). The monoisotopic (exact) mass is 261 g/mol. The molecule has 0 spiro atoms. The summed E-state index contributed by atoms with van der Waals surface area (Å²) in [4.78, 5) is 22.9. The minimum absolute atomic E-state index is 0.0251. The summed E-state index contributed by atoms with van der Waals surface area (Å²) < 4.78 is 5.02. The highest BCUT2D eigenvalue weighted by molar-refractivity contribution is 5.94. The number of amides is 2. The summed E-state index contributed by atoms with van der Waals surface area (Å²) >= 11 is 0. The molecule has 2 N–H and O–H groups in total. The first-order valence-electron chi connectivity index (χ1n) is 5.73. The van der Waals surface area contributed by atoms with Crippen LogP contribution in [0.15, 0.2) is 24.3 Å². The van der Waals surface area contributed by atoms with Crippen LogP contribution in [0.25, 0.3) is 0 Å². The Balaban J connectivity index is 2.39. The number of ether oxygens (including phenoxy) is 1. The fraction of sp³-hybridized carbons (Fsp3) is 0.308. The number of nitrogens with one attached hydrogen (secondary N) is 2. The molecule has 0 unspecified atom stereocenters. The lowest BCUT2D eigenvalue weighted by molar-refractivity contribution is -0.120. The summed E-state index contributed by atoms with van der Waals surface area (Å²) in [5.41, 5.74) is 0.469. The molecule has 0 aliphatic rings. The Hall–Kier alpha value is -2.55. The Morgan fingerprint density at radius 2 is 2.16 bits per heavy atom. The number of methoxy groups -OCH3 is 1. The molecule has 0 aromatic heterocycles. The van der Waals surface area contributed by atoms with Crippen molar-refractivity contribution in [2.75, 3.05) is 20.2 Å². The first-order valence-corrected chi connectivity index (χ1v) is 5.73. The van der Waals surface area contributed by atoms with Crippen molar-refractivity contribution < 1.29 is 14.3 Å². The van der Waals surface area contributed by atoms with Crippen molar-refractivity contribution in [1.82, 2.24) is 10.6 Å². The Labute approximate surface area is 111 Å². The van der Waals surface area contributed by atoms with Gasteiger partial charge in [-0.2, -0.15) is 5.26 Å². The predicted octanol–water partition coefficient (Wildman–Crippen LogP) is 0.455. The molecular formula is C13H15N3O3. The van der Waals surface area contributed by atoms with E-state index in [1.807, 2.05) is 0 Å². The van der Waals surface area contributed by atoms with Crippen molar-refractivity contribution in [2.45, 2.75) is 6.42 Å². The van der Waals surface area contributed by atoms with Crippen LogP contribution in [-0.4, -0.2) is 32.0 Å². The average molecular weight is 261 g/mol. The van der Waals surface area contributed by atoms with Gasteiger partial charge >= 0.3 is 0 Å². The molecule has 0 aliphatic heterocycles. The second-order valence-corrected chi connectivity index (χ2v) is 3.67. The molecule has 19 heavy (non-hydrogen) atoms. The zero-order valence-corrected chi connectivity index (χ0v) is 10.6. The zero-order valence-electron chi connectivity index (χ0n) is 10.6. The molecule has 2 amide bonds. The summed E-state index contributed by atoms with van der Waals surface area (Å²) in [5, 5.41) is 13.3. The maximum atomic E-state index is 11.8. The fourth-order valence-corrected chi connectivity index (χ4v) is 1.38. The van der Waals surface area contributed by atoms with Crippen LogP contribution in [0.5, 0.6) is 5.75 Å². The minimum atomic E-state index is -0.271. The standard InChI is InChI=1S/C13H15N3O3/c1-19-11-4-2-3-10(9-11)13(18)16-7-5-12(17)15-8-6-14/h2-4,9H,5,7-8H2,1H3,(H,15,17)(H,16,18). The van der Waals surface area contributed by atoms with Gasteiger partial charge in [0.05, 0.1) is 13.2 Å². The highest BCUT2D eigenvalue weighted by Crippen LogP contribution is 2.12. The molecule has 100 valence electrons. The van der Waals surface area contributed by atoms with Crippen LogP contribution in [0.4, 0.5) is 0 Å². The zero-order chi connectivity index (χ0) is 14.1. The summed E-state index contributed by atoms with van der Waals surface area (Å²) in [6.07, 6.45) is 0.136. The van der Waals surface area contributed by atoms with Gasteiger partial charge in [-0.3, -0.25) is 9.59 Å². The normalized spacial score (nSPS) is 9.26. The van der Waals surface area contributed by atoms with Crippen LogP contribution in [-0.2, 0) is 4.79 Å². The van der Waals surface area contributed by atoms with E-state index in [0.29, 0.717) is 11.3 Å². The second-order valence-electron chi connectivity index (χ2n) is 3.67. The van der Waals surface area contributed by atoms with Crippen LogP contribution in [0.3, 0.4) is 0 Å². The van der Waals surface area contributed by atoms with Crippen molar-refractivity contribution in [3.05, 3.63) is 29.8 Å². The molecule has 0 fully saturated rings. The van der Waals surface area contributed by atoms with E-state index in [0.717, 1.165) is 0 Å². The largest absolute Gasteiger partial charge is 0.497 e. The molecule has 0 bridgehead atoms. The lowest BCUT2D eigenvalue weighted by Crippen LogP contribution is -2.30. The molecule has 1 aromatic carbocycles. The Morgan fingerprint density at radius 3 is 2.84 bits per heavy atom. The number of carbonyl (C=O) groups is 2. The quantitative estimate of drug-likeness (QED) is 0.727. The molecule has 0 heterocycles. The van der Waals surface area contributed by atoms with Crippen LogP contribution >= 0.6 is 0 Å². The lowest BCUT2D eigenvalue weighted by atomic mass is 10.2. The summed E-state index contributed by atoms with van der Waals surface area (Å²) in [5.74, 6) is 0.0545. The second kappa shape index (κ2) is 7.71. The Bertz CT molecular complexity index is 494. The molecule has 1 aromatic rings. The Kier molecular flexibility index (Phi) is 5.89. The molecule has 6 heteroatoms. The summed E-state index contributed by atoms with van der Waals surface area (Å²) in [7, 11) is 1.52. The van der Waals surface area contributed by atoms with E-state index in [4.69, 9.17) is 10.00 Å². The third kappa shape index (κ3) is 5.08. The van der Waals surface area contributed by atoms with Gasteiger partial charge in [0.25, 0.3) is 5.91 Å². The molecule has 0 aliphatic carbocycles. The van der Waals surface area contributed by atoms with E-state index in [9.17, 15) is 9.59 Å². The van der Waals surface area contributed by atoms with Crippen LogP contribution in [0.2, 0.25) is 0 Å². The topological polar surface area (TPSA) is 91.2 Å². The third-order valence-corrected chi connectivity index (χ3v) is 2.33. The van der Waals surface area contributed by atoms with Gasteiger partial charge in [-0.15, -0.1) is 0 Å². The van der Waals surface area contributed by atoms with E-state index in [2.05, 4.69) is 10.6 Å². The SMILES string of the molecule is COc1cccc(C(=O)NCCC(=O)NCC#N)c1. The first-order chi connectivity index (χ1) is 9.17. The van der Waals surface area contributed by atoms with E-state index < -0.39 is 0 Å². The summed E-state index contributed by atoms with van der Waals surface area (Å²) in [6.45, 7) is 0.190. The predicted molar refractivity (Wildman–Crippen MR) is 68.6 cm³/mol. The highest BCUT2D eigenvalue weighted by atomic mass is 16.5. The van der Waals surface area contributed by atoms with Crippen LogP contribution in [0, 0.1) is 11.3 Å². The van der Waals surface area contributed by atoms with Gasteiger partial charge < -0.3 is 15.4 Å². The maximum Gasteiger partial charge on any atom is 0.251 e. The van der Waals surface area contributed by atoms with Gasteiger partial charge in [-0.1, -0.05) is 6.07 Å². The van der Waals surface area contributed by atoms with Gasteiger partial charge in [-0.25, -0.2) is 0 Å². The number of hydrogen-bond acceptors (Lipinski definition) is 4. The van der Waals surface area contributed by atoms with Gasteiger partial charge in [0.15, 0.2) is 0 Å². The van der Waals surface area contributed by atoms with Crippen molar-refractivity contribution in [1.29, 1.82) is 5.26 Å². The molecule has 0 atom stereocenters. The molecule has 0 saturated heterocycles. The minimum Gasteiger partial charge on any atom is -0.497 e. The maximum absolute atomic E-state index is 11.8. The van der Waals surface area contributed by atoms with Gasteiger partial charge in [0, 0.05) is 18.5 Å². The number of nitrogens with zero attached hydrogens (tertiary/aromatic N) is 1. The molecule has 6 nitrogen and oxygen atoms in total. The van der Waals surface area contributed by atoms with Gasteiger partial charge in [0.1, 0.15) is 12.3 Å². The van der Waals surface area contributed by atoms with Crippen molar-refractivity contribution in [2.24, 2.45) is 0 Å².